The van der Waals surface area contributed by atoms with Gasteiger partial charge in [0, 0.05) is 10.2 Å². The molecule has 0 aliphatic heterocycles. The zero-order chi connectivity index (χ0) is 13.4. The molecule has 0 unspecified atom stereocenters. The van der Waals surface area contributed by atoms with E-state index in [9.17, 15) is 4.79 Å². The Morgan fingerprint density at radius 3 is 2.78 bits per heavy atom. The first-order chi connectivity index (χ1) is 8.65. The molecule has 0 bridgehead atoms. The van der Waals surface area contributed by atoms with Crippen LogP contribution in [0.5, 0.6) is 5.75 Å². The van der Waals surface area contributed by atoms with Crippen molar-refractivity contribution in [2.75, 3.05) is 19.8 Å². The quantitative estimate of drug-likeness (QED) is 0.569. The van der Waals surface area contributed by atoms with Gasteiger partial charge in [0.2, 0.25) is 0 Å². The van der Waals surface area contributed by atoms with Gasteiger partial charge in [-0.1, -0.05) is 13.3 Å². The van der Waals surface area contributed by atoms with Crippen molar-refractivity contribution in [3.63, 3.8) is 0 Å². The third kappa shape index (κ3) is 5.22. The summed E-state index contributed by atoms with van der Waals surface area (Å²) >= 11 is 2.07. The molecule has 0 aliphatic rings. The molecular weight excluding hydrogens is 347 g/mol. The van der Waals surface area contributed by atoms with E-state index in [1.165, 1.54) is 0 Å². The number of aromatic carboxylic acids is 1. The van der Waals surface area contributed by atoms with Crippen LogP contribution in [-0.2, 0) is 4.74 Å². The smallest absolute Gasteiger partial charge is 0.339 e. The number of hydrogen-bond acceptors (Lipinski definition) is 3. The maximum absolute atomic E-state index is 11.0. The van der Waals surface area contributed by atoms with Gasteiger partial charge in [-0.25, -0.2) is 4.79 Å². The van der Waals surface area contributed by atoms with Crippen LogP contribution in [0.1, 0.15) is 30.1 Å². The molecule has 0 aliphatic carbocycles. The largest absolute Gasteiger partial charge is 0.490 e. The molecule has 0 saturated heterocycles. The summed E-state index contributed by atoms with van der Waals surface area (Å²) in [5, 5.41) is 9.05. The second kappa shape index (κ2) is 8.31. The van der Waals surface area contributed by atoms with Gasteiger partial charge >= 0.3 is 5.97 Å². The summed E-state index contributed by atoms with van der Waals surface area (Å²) in [6, 6.07) is 5.09. The number of carboxylic acid groups (broad SMARTS) is 1. The highest BCUT2D eigenvalue weighted by atomic mass is 127. The second-order valence-corrected chi connectivity index (χ2v) is 5.01. The Kier molecular flexibility index (Phi) is 7.04. The van der Waals surface area contributed by atoms with E-state index < -0.39 is 5.97 Å². The average molecular weight is 364 g/mol. The van der Waals surface area contributed by atoms with Crippen LogP contribution in [0.3, 0.4) is 0 Å². The molecular formula is C13H17IO4. The molecule has 0 amide bonds. The van der Waals surface area contributed by atoms with Crippen LogP contribution < -0.4 is 4.74 Å². The number of hydrogen-bond donors (Lipinski definition) is 1. The Hall–Kier alpha value is -0.820. The molecule has 4 nitrogen and oxygen atoms in total. The summed E-state index contributed by atoms with van der Waals surface area (Å²) in [5.41, 5.74) is 0.190. The minimum absolute atomic E-state index is 0.190. The lowest BCUT2D eigenvalue weighted by atomic mass is 10.2. The number of halogens is 1. The fourth-order valence-electron chi connectivity index (χ4n) is 1.35. The van der Waals surface area contributed by atoms with Crippen LogP contribution in [0.4, 0.5) is 0 Å². The molecule has 1 rings (SSSR count). The highest BCUT2D eigenvalue weighted by Crippen LogP contribution is 2.21. The van der Waals surface area contributed by atoms with Gasteiger partial charge < -0.3 is 14.6 Å². The maximum atomic E-state index is 11.0. The van der Waals surface area contributed by atoms with E-state index in [1.807, 2.05) is 6.07 Å². The average Bonchev–Trinajstić information content (AvgIpc) is 2.35. The Bertz CT molecular complexity index is 393. The van der Waals surface area contributed by atoms with Crippen molar-refractivity contribution in [3.8, 4) is 5.75 Å². The molecule has 1 aromatic carbocycles. The zero-order valence-corrected chi connectivity index (χ0v) is 12.5. The number of carboxylic acids is 1. The van der Waals surface area contributed by atoms with Crippen LogP contribution in [0.15, 0.2) is 18.2 Å². The predicted molar refractivity (Wildman–Crippen MR) is 77.3 cm³/mol. The van der Waals surface area contributed by atoms with E-state index in [2.05, 4.69) is 29.5 Å². The summed E-state index contributed by atoms with van der Waals surface area (Å²) in [5.74, 6) is -0.586. The van der Waals surface area contributed by atoms with E-state index in [-0.39, 0.29) is 5.56 Å². The Labute approximate surface area is 120 Å². The first-order valence-electron chi connectivity index (χ1n) is 5.88. The first kappa shape index (κ1) is 15.2. The molecule has 1 aromatic rings. The van der Waals surface area contributed by atoms with Gasteiger partial charge in [-0.05, 0) is 47.2 Å². The van der Waals surface area contributed by atoms with E-state index in [4.69, 9.17) is 14.6 Å². The third-order valence-electron chi connectivity index (χ3n) is 2.30. The summed E-state index contributed by atoms with van der Waals surface area (Å²) in [6.45, 7) is 3.67. The molecule has 5 heteroatoms. The van der Waals surface area contributed by atoms with Crippen molar-refractivity contribution in [1.29, 1.82) is 0 Å². The number of ether oxygens (including phenoxy) is 2. The van der Waals surface area contributed by atoms with E-state index in [1.54, 1.807) is 12.1 Å². The van der Waals surface area contributed by atoms with Crippen molar-refractivity contribution in [2.24, 2.45) is 0 Å². The van der Waals surface area contributed by atoms with Gasteiger partial charge in [-0.3, -0.25) is 0 Å². The topological polar surface area (TPSA) is 55.8 Å². The summed E-state index contributed by atoms with van der Waals surface area (Å²) < 4.78 is 11.6. The highest BCUT2D eigenvalue weighted by molar-refractivity contribution is 14.1. The molecule has 18 heavy (non-hydrogen) atoms. The van der Waals surface area contributed by atoms with Crippen molar-refractivity contribution < 1.29 is 19.4 Å². The summed E-state index contributed by atoms with van der Waals surface area (Å²) in [7, 11) is 0. The molecule has 1 N–H and O–H groups in total. The molecule has 0 fully saturated rings. The molecule has 0 spiro atoms. The Morgan fingerprint density at radius 2 is 2.11 bits per heavy atom. The van der Waals surface area contributed by atoms with Crippen LogP contribution in [0, 0.1) is 3.57 Å². The second-order valence-electron chi connectivity index (χ2n) is 3.76. The monoisotopic (exact) mass is 364 g/mol. The number of rotatable bonds is 8. The van der Waals surface area contributed by atoms with Crippen LogP contribution in [-0.4, -0.2) is 30.9 Å². The van der Waals surface area contributed by atoms with Gasteiger partial charge in [0.05, 0.1) is 6.61 Å². The van der Waals surface area contributed by atoms with Crippen LogP contribution >= 0.6 is 22.6 Å². The predicted octanol–water partition coefficient (Wildman–Crippen LogP) is 3.18. The lowest BCUT2D eigenvalue weighted by molar-refractivity contribution is 0.0684. The van der Waals surface area contributed by atoms with Crippen molar-refractivity contribution in [3.05, 3.63) is 27.3 Å². The Balaban J connectivity index is 2.44. The minimum atomic E-state index is -0.976. The minimum Gasteiger partial charge on any atom is -0.490 e. The van der Waals surface area contributed by atoms with Crippen molar-refractivity contribution in [2.45, 2.75) is 19.8 Å². The number of benzene rings is 1. The van der Waals surface area contributed by atoms with Crippen LogP contribution in [0.2, 0.25) is 0 Å². The SMILES string of the molecule is CCCCOCCOc1ccc(I)cc1C(=O)O. The number of carbonyl (C=O) groups is 1. The first-order valence-corrected chi connectivity index (χ1v) is 6.96. The lowest BCUT2D eigenvalue weighted by Crippen LogP contribution is -2.10. The molecule has 0 heterocycles. The highest BCUT2D eigenvalue weighted by Gasteiger charge is 2.11. The standard InChI is InChI=1S/C13H17IO4/c1-2-3-6-17-7-8-18-12-5-4-10(14)9-11(12)13(15)16/h4-5,9H,2-3,6-8H2,1H3,(H,15,16). The van der Waals surface area contributed by atoms with Crippen molar-refractivity contribution in [1.82, 2.24) is 0 Å². The molecule has 0 atom stereocenters. The third-order valence-corrected chi connectivity index (χ3v) is 2.97. The van der Waals surface area contributed by atoms with E-state index in [0.29, 0.717) is 19.0 Å². The normalized spacial score (nSPS) is 10.3. The fraction of sp³-hybridized carbons (Fsp3) is 0.462. The van der Waals surface area contributed by atoms with Gasteiger partial charge in [-0.2, -0.15) is 0 Å². The maximum Gasteiger partial charge on any atom is 0.339 e. The lowest BCUT2D eigenvalue weighted by Gasteiger charge is -2.09. The van der Waals surface area contributed by atoms with Gasteiger partial charge in [0.25, 0.3) is 0 Å². The van der Waals surface area contributed by atoms with Crippen molar-refractivity contribution >= 4 is 28.6 Å². The summed E-state index contributed by atoms with van der Waals surface area (Å²) in [6.07, 6.45) is 2.13. The molecule has 0 radical (unpaired) electrons. The molecule has 100 valence electrons. The molecule has 0 saturated carbocycles. The fourth-order valence-corrected chi connectivity index (χ4v) is 1.85. The van der Waals surface area contributed by atoms with E-state index in [0.717, 1.165) is 23.0 Å². The van der Waals surface area contributed by atoms with Gasteiger partial charge in [0.1, 0.15) is 17.9 Å². The Morgan fingerprint density at radius 1 is 1.33 bits per heavy atom. The summed E-state index contributed by atoms with van der Waals surface area (Å²) in [4.78, 5) is 11.0. The van der Waals surface area contributed by atoms with Gasteiger partial charge in [0.15, 0.2) is 0 Å². The molecule has 0 aromatic heterocycles. The van der Waals surface area contributed by atoms with Crippen LogP contribution in [0.25, 0.3) is 0 Å². The van der Waals surface area contributed by atoms with E-state index >= 15 is 0 Å². The zero-order valence-electron chi connectivity index (χ0n) is 10.3. The number of unbranched alkanes of at least 4 members (excludes halogenated alkanes) is 1. The van der Waals surface area contributed by atoms with Gasteiger partial charge in [-0.15, -0.1) is 0 Å².